The van der Waals surface area contributed by atoms with Crippen LogP contribution in [0, 0.1) is 0 Å². The molecule has 1 aromatic rings. The number of fused-ring (bicyclic) bond motifs is 1. The number of urea groups is 1. The molecule has 2 rings (SSSR count). The van der Waals surface area contributed by atoms with Crippen molar-refractivity contribution < 1.29 is 9.53 Å². The first-order valence-electron chi connectivity index (χ1n) is 7.78. The fourth-order valence-corrected chi connectivity index (χ4v) is 2.86. The molecule has 0 aliphatic heterocycles. The van der Waals surface area contributed by atoms with Crippen molar-refractivity contribution in [3.05, 3.63) is 33.7 Å². The van der Waals surface area contributed by atoms with Crippen molar-refractivity contribution in [1.82, 2.24) is 15.2 Å². The van der Waals surface area contributed by atoms with Crippen molar-refractivity contribution in [3.8, 4) is 0 Å². The van der Waals surface area contributed by atoms with Gasteiger partial charge in [-0.3, -0.25) is 4.79 Å². The number of nitrogens with zero attached hydrogens (tertiary/aromatic N) is 1. The number of amides is 2. The Bertz CT molecular complexity index is 580. The van der Waals surface area contributed by atoms with Crippen molar-refractivity contribution in [2.45, 2.75) is 51.7 Å². The largest absolute Gasteiger partial charge is 0.383 e. The number of hydrogen-bond acceptors (Lipinski definition) is 3. The first-order chi connectivity index (χ1) is 10.5. The van der Waals surface area contributed by atoms with E-state index in [0.29, 0.717) is 13.2 Å². The number of nitrogens with one attached hydrogen (secondary N) is 2. The first-order valence-corrected chi connectivity index (χ1v) is 7.78. The number of ether oxygens (including phenoxy) is 1. The van der Waals surface area contributed by atoms with Crippen LogP contribution >= 0.6 is 0 Å². The van der Waals surface area contributed by atoms with Crippen LogP contribution in [-0.2, 0) is 24.1 Å². The molecule has 2 N–H and O–H groups in total. The molecular formula is C16H25N3O3. The summed E-state index contributed by atoms with van der Waals surface area (Å²) in [6.45, 7) is 4.97. The van der Waals surface area contributed by atoms with E-state index in [0.717, 1.165) is 30.5 Å². The molecule has 0 bridgehead atoms. The zero-order valence-corrected chi connectivity index (χ0v) is 13.5. The van der Waals surface area contributed by atoms with Crippen molar-refractivity contribution in [2.24, 2.45) is 0 Å². The van der Waals surface area contributed by atoms with Crippen LogP contribution in [0.4, 0.5) is 4.79 Å². The lowest BCUT2D eigenvalue weighted by Gasteiger charge is -2.28. The normalized spacial score (nSPS) is 17.2. The molecule has 122 valence electrons. The highest BCUT2D eigenvalue weighted by atomic mass is 16.5. The van der Waals surface area contributed by atoms with Crippen molar-refractivity contribution in [3.63, 3.8) is 0 Å². The van der Waals surface area contributed by atoms with Gasteiger partial charge in [0.25, 0.3) is 5.56 Å². The summed E-state index contributed by atoms with van der Waals surface area (Å²) in [5.41, 5.74) is 2.23. The van der Waals surface area contributed by atoms with Crippen molar-refractivity contribution in [2.75, 3.05) is 13.7 Å². The van der Waals surface area contributed by atoms with Crippen LogP contribution in [0.1, 0.15) is 31.5 Å². The van der Waals surface area contributed by atoms with E-state index in [1.165, 1.54) is 0 Å². The smallest absolute Gasteiger partial charge is 0.315 e. The average molecular weight is 307 g/mol. The van der Waals surface area contributed by atoms with Crippen LogP contribution in [0.3, 0.4) is 0 Å². The van der Waals surface area contributed by atoms with Gasteiger partial charge < -0.3 is 19.9 Å². The van der Waals surface area contributed by atoms with Gasteiger partial charge >= 0.3 is 6.03 Å². The van der Waals surface area contributed by atoms with Gasteiger partial charge in [0.2, 0.25) is 0 Å². The lowest BCUT2D eigenvalue weighted by Crippen LogP contribution is -2.47. The topological polar surface area (TPSA) is 72.4 Å². The predicted molar refractivity (Wildman–Crippen MR) is 85.2 cm³/mol. The van der Waals surface area contributed by atoms with E-state index in [-0.39, 0.29) is 23.7 Å². The first kappa shape index (κ1) is 16.5. The fraction of sp³-hybridized carbons (Fsp3) is 0.625. The molecule has 1 aliphatic carbocycles. The van der Waals surface area contributed by atoms with E-state index in [1.54, 1.807) is 17.7 Å². The van der Waals surface area contributed by atoms with Gasteiger partial charge in [-0.1, -0.05) is 6.07 Å². The molecule has 1 atom stereocenters. The second kappa shape index (κ2) is 7.45. The standard InChI is InChI=1S/C16H25N3O3/c1-11(2)17-16(21)18-13-5-6-14-12(10-13)4-7-15(20)19(14)8-9-22-3/h4,7,11,13H,5-6,8-10H2,1-3H3,(H2,17,18,21)/t13-/m0/s1. The summed E-state index contributed by atoms with van der Waals surface area (Å²) in [5.74, 6) is 0. The van der Waals surface area contributed by atoms with Crippen LogP contribution in [0.2, 0.25) is 0 Å². The highest BCUT2D eigenvalue weighted by molar-refractivity contribution is 5.74. The summed E-state index contributed by atoms with van der Waals surface area (Å²) < 4.78 is 6.87. The van der Waals surface area contributed by atoms with Gasteiger partial charge in [0.1, 0.15) is 0 Å². The molecule has 0 saturated heterocycles. The van der Waals surface area contributed by atoms with Crippen LogP contribution in [0.15, 0.2) is 16.9 Å². The molecule has 0 unspecified atom stereocenters. The minimum absolute atomic E-state index is 0.0137. The average Bonchev–Trinajstić information content (AvgIpc) is 2.45. The van der Waals surface area contributed by atoms with Gasteiger partial charge in [-0.05, 0) is 38.7 Å². The molecule has 1 aliphatic rings. The van der Waals surface area contributed by atoms with Gasteiger partial charge in [-0.25, -0.2) is 4.79 Å². The van der Waals surface area contributed by atoms with Crippen molar-refractivity contribution >= 4 is 6.03 Å². The van der Waals surface area contributed by atoms with Gasteiger partial charge in [0.15, 0.2) is 0 Å². The molecule has 6 nitrogen and oxygen atoms in total. The Morgan fingerprint density at radius 3 is 2.91 bits per heavy atom. The molecule has 22 heavy (non-hydrogen) atoms. The fourth-order valence-electron chi connectivity index (χ4n) is 2.86. The summed E-state index contributed by atoms with van der Waals surface area (Å²) in [6.07, 6.45) is 2.39. The van der Waals surface area contributed by atoms with Crippen LogP contribution in [0.5, 0.6) is 0 Å². The number of hydrogen-bond donors (Lipinski definition) is 2. The Kier molecular flexibility index (Phi) is 5.60. The number of carbonyl (C=O) groups excluding carboxylic acids is 1. The minimum atomic E-state index is -0.129. The van der Waals surface area contributed by atoms with Gasteiger partial charge in [0.05, 0.1) is 6.61 Å². The molecule has 1 heterocycles. The van der Waals surface area contributed by atoms with E-state index in [9.17, 15) is 9.59 Å². The Morgan fingerprint density at radius 2 is 2.23 bits per heavy atom. The second-order valence-corrected chi connectivity index (χ2v) is 6.00. The van der Waals surface area contributed by atoms with E-state index < -0.39 is 0 Å². The molecule has 0 saturated carbocycles. The van der Waals surface area contributed by atoms with Gasteiger partial charge in [-0.2, -0.15) is 0 Å². The third kappa shape index (κ3) is 4.10. The highest BCUT2D eigenvalue weighted by Crippen LogP contribution is 2.20. The van der Waals surface area contributed by atoms with Gasteiger partial charge in [-0.15, -0.1) is 0 Å². The number of pyridine rings is 1. The van der Waals surface area contributed by atoms with Crippen LogP contribution in [0.25, 0.3) is 0 Å². The van der Waals surface area contributed by atoms with Gasteiger partial charge in [0, 0.05) is 37.5 Å². The van der Waals surface area contributed by atoms with E-state index >= 15 is 0 Å². The quantitative estimate of drug-likeness (QED) is 0.854. The summed E-state index contributed by atoms with van der Waals surface area (Å²) in [5, 5.41) is 5.85. The Balaban J connectivity index is 2.08. The summed E-state index contributed by atoms with van der Waals surface area (Å²) >= 11 is 0. The molecule has 1 aromatic heterocycles. The third-order valence-electron chi connectivity index (χ3n) is 3.86. The molecule has 0 spiro atoms. The molecule has 0 radical (unpaired) electrons. The maximum absolute atomic E-state index is 12.0. The Morgan fingerprint density at radius 1 is 1.45 bits per heavy atom. The number of methoxy groups -OCH3 is 1. The molecular weight excluding hydrogens is 282 g/mol. The van der Waals surface area contributed by atoms with Crippen LogP contribution in [-0.4, -0.2) is 36.4 Å². The van der Waals surface area contributed by atoms with E-state index in [2.05, 4.69) is 10.6 Å². The zero-order chi connectivity index (χ0) is 16.1. The Hall–Kier alpha value is -1.82. The lowest BCUT2D eigenvalue weighted by atomic mass is 9.91. The second-order valence-electron chi connectivity index (χ2n) is 6.00. The lowest BCUT2D eigenvalue weighted by molar-refractivity contribution is 0.184. The molecule has 0 aromatic carbocycles. The number of aromatic nitrogens is 1. The maximum Gasteiger partial charge on any atom is 0.315 e. The predicted octanol–water partition coefficient (Wildman–Crippen LogP) is 1.06. The summed E-state index contributed by atoms with van der Waals surface area (Å²) in [7, 11) is 1.63. The maximum atomic E-state index is 12.0. The van der Waals surface area contributed by atoms with Crippen molar-refractivity contribution in [1.29, 1.82) is 0 Å². The highest BCUT2D eigenvalue weighted by Gasteiger charge is 2.22. The monoisotopic (exact) mass is 307 g/mol. The number of carbonyl (C=O) groups is 1. The minimum Gasteiger partial charge on any atom is -0.383 e. The summed E-state index contributed by atoms with van der Waals surface area (Å²) in [6, 6.07) is 3.59. The van der Waals surface area contributed by atoms with E-state index in [1.807, 2.05) is 19.9 Å². The van der Waals surface area contributed by atoms with E-state index in [4.69, 9.17) is 4.74 Å². The number of rotatable bonds is 5. The molecule has 0 fully saturated rings. The third-order valence-corrected chi connectivity index (χ3v) is 3.86. The Labute approximate surface area is 130 Å². The molecule has 6 heteroatoms. The zero-order valence-electron chi connectivity index (χ0n) is 13.5. The van der Waals surface area contributed by atoms with Crippen LogP contribution < -0.4 is 16.2 Å². The molecule has 2 amide bonds. The summed E-state index contributed by atoms with van der Waals surface area (Å²) in [4.78, 5) is 23.8. The SMILES string of the molecule is COCCn1c2c(ccc1=O)C[C@@H](NC(=O)NC(C)C)CC2.